The van der Waals surface area contributed by atoms with Crippen LogP contribution in [-0.2, 0) is 0 Å². The van der Waals surface area contributed by atoms with Gasteiger partial charge >= 0.3 is 0 Å². The van der Waals surface area contributed by atoms with Crippen LogP contribution in [0.3, 0.4) is 0 Å². The molecule has 1 N–H and O–H groups in total. The van der Waals surface area contributed by atoms with E-state index < -0.39 is 0 Å². The third-order valence-corrected chi connectivity index (χ3v) is 6.48. The molecule has 23 heavy (non-hydrogen) atoms. The molecule has 1 aromatic carbocycles. The molecule has 2 aliphatic rings. The minimum absolute atomic E-state index is 0.278. The molecule has 3 rings (SSSR count). The molecule has 2 saturated carbocycles. The molecule has 0 amide bonds. The third kappa shape index (κ3) is 4.28. The van der Waals surface area contributed by atoms with Gasteiger partial charge in [-0.3, -0.25) is 0 Å². The standard InChI is InChI=1S/C20H29ClFN/c1-20(12-2-3-13-20)23-14-11-15-7-9-16(10-8-15)17-5-4-6-18(22)19(17)21/h4-6,15-16,23H,2-3,7-14H2,1H3. The monoisotopic (exact) mass is 337 g/mol. The first-order valence-corrected chi connectivity index (χ1v) is 9.64. The number of nitrogens with one attached hydrogen (secondary N) is 1. The van der Waals surface area contributed by atoms with Crippen molar-refractivity contribution < 1.29 is 4.39 Å². The topological polar surface area (TPSA) is 12.0 Å². The number of rotatable bonds is 5. The summed E-state index contributed by atoms with van der Waals surface area (Å²) in [5.41, 5.74) is 1.41. The SMILES string of the molecule is CC1(NCCC2CCC(c3cccc(F)c3Cl)CC2)CCCC1. The van der Waals surface area contributed by atoms with Crippen molar-refractivity contribution in [1.29, 1.82) is 0 Å². The molecule has 0 unspecified atom stereocenters. The highest BCUT2D eigenvalue weighted by molar-refractivity contribution is 6.31. The van der Waals surface area contributed by atoms with E-state index in [4.69, 9.17) is 11.6 Å². The zero-order chi connectivity index (χ0) is 16.3. The Balaban J connectivity index is 1.44. The van der Waals surface area contributed by atoms with Crippen LogP contribution >= 0.6 is 11.6 Å². The van der Waals surface area contributed by atoms with Crippen LogP contribution in [0.5, 0.6) is 0 Å². The third-order valence-electron chi connectivity index (χ3n) is 6.08. The number of hydrogen-bond donors (Lipinski definition) is 1. The summed E-state index contributed by atoms with van der Waals surface area (Å²) in [5, 5.41) is 4.13. The zero-order valence-electron chi connectivity index (χ0n) is 14.2. The van der Waals surface area contributed by atoms with Crippen molar-refractivity contribution in [3.05, 3.63) is 34.6 Å². The Kier molecular flexibility index (Phi) is 5.64. The second-order valence-electron chi connectivity index (χ2n) is 7.84. The smallest absolute Gasteiger partial charge is 0.142 e. The second-order valence-corrected chi connectivity index (χ2v) is 8.22. The molecule has 0 saturated heterocycles. The summed E-state index contributed by atoms with van der Waals surface area (Å²) in [7, 11) is 0. The van der Waals surface area contributed by atoms with Crippen LogP contribution in [0.25, 0.3) is 0 Å². The van der Waals surface area contributed by atoms with Crippen LogP contribution in [0.4, 0.5) is 4.39 Å². The highest BCUT2D eigenvalue weighted by atomic mass is 35.5. The van der Waals surface area contributed by atoms with E-state index in [1.54, 1.807) is 6.07 Å². The summed E-state index contributed by atoms with van der Waals surface area (Å²) in [5.74, 6) is 0.978. The van der Waals surface area contributed by atoms with Gasteiger partial charge in [0.1, 0.15) is 5.82 Å². The summed E-state index contributed by atoms with van der Waals surface area (Å²) in [4.78, 5) is 0. The summed E-state index contributed by atoms with van der Waals surface area (Å²) < 4.78 is 13.6. The number of hydrogen-bond acceptors (Lipinski definition) is 1. The number of benzene rings is 1. The lowest BCUT2D eigenvalue weighted by atomic mass is 9.77. The molecule has 0 atom stereocenters. The second kappa shape index (κ2) is 7.53. The quantitative estimate of drug-likeness (QED) is 0.688. The van der Waals surface area contributed by atoms with Gasteiger partial charge in [0.2, 0.25) is 0 Å². The van der Waals surface area contributed by atoms with Crippen molar-refractivity contribution in [3.63, 3.8) is 0 Å². The van der Waals surface area contributed by atoms with Crippen LogP contribution in [0.2, 0.25) is 5.02 Å². The fraction of sp³-hybridized carbons (Fsp3) is 0.700. The minimum atomic E-state index is -0.278. The Morgan fingerprint density at radius 3 is 2.57 bits per heavy atom. The van der Waals surface area contributed by atoms with E-state index in [-0.39, 0.29) is 5.82 Å². The van der Waals surface area contributed by atoms with Crippen LogP contribution in [-0.4, -0.2) is 12.1 Å². The predicted molar refractivity (Wildman–Crippen MR) is 95.6 cm³/mol. The summed E-state index contributed by atoms with van der Waals surface area (Å²) >= 11 is 6.15. The molecule has 128 valence electrons. The summed E-state index contributed by atoms with van der Waals surface area (Å²) in [6, 6.07) is 5.24. The van der Waals surface area contributed by atoms with Gasteiger partial charge in [0.05, 0.1) is 5.02 Å². The first-order valence-electron chi connectivity index (χ1n) is 9.26. The lowest BCUT2D eigenvalue weighted by Gasteiger charge is -2.31. The number of halogens is 2. The van der Waals surface area contributed by atoms with Gasteiger partial charge in [-0.05, 0) is 81.9 Å². The van der Waals surface area contributed by atoms with Crippen molar-refractivity contribution in [2.45, 2.75) is 76.2 Å². The van der Waals surface area contributed by atoms with E-state index in [0.29, 0.717) is 16.5 Å². The Morgan fingerprint density at radius 2 is 1.87 bits per heavy atom. The maximum Gasteiger partial charge on any atom is 0.142 e. The Bertz CT molecular complexity index is 516. The van der Waals surface area contributed by atoms with Crippen molar-refractivity contribution in [2.24, 2.45) is 5.92 Å². The van der Waals surface area contributed by atoms with Gasteiger partial charge in [-0.15, -0.1) is 0 Å². The molecule has 0 radical (unpaired) electrons. The lowest BCUT2D eigenvalue weighted by Crippen LogP contribution is -2.40. The molecular weight excluding hydrogens is 309 g/mol. The molecule has 2 aliphatic carbocycles. The summed E-state index contributed by atoms with van der Waals surface area (Å²) in [6.07, 6.45) is 11.5. The average molecular weight is 338 g/mol. The molecule has 1 aromatic rings. The minimum Gasteiger partial charge on any atom is -0.312 e. The Morgan fingerprint density at radius 1 is 1.17 bits per heavy atom. The van der Waals surface area contributed by atoms with Gasteiger partial charge in [-0.1, -0.05) is 36.6 Å². The Labute approximate surface area is 145 Å². The van der Waals surface area contributed by atoms with Crippen molar-refractivity contribution in [3.8, 4) is 0 Å². The predicted octanol–water partition coefficient (Wildman–Crippen LogP) is 6.07. The highest BCUT2D eigenvalue weighted by Crippen LogP contribution is 2.40. The van der Waals surface area contributed by atoms with Gasteiger partial charge in [-0.25, -0.2) is 4.39 Å². The molecule has 0 spiro atoms. The van der Waals surface area contributed by atoms with E-state index in [1.807, 2.05) is 6.07 Å². The van der Waals surface area contributed by atoms with Gasteiger partial charge < -0.3 is 5.32 Å². The molecular formula is C20H29ClFN. The van der Waals surface area contributed by atoms with Crippen molar-refractivity contribution in [1.82, 2.24) is 5.32 Å². The van der Waals surface area contributed by atoms with Crippen LogP contribution in [0.1, 0.15) is 76.2 Å². The molecule has 0 bridgehead atoms. The van der Waals surface area contributed by atoms with Gasteiger partial charge in [0.25, 0.3) is 0 Å². The molecule has 2 fully saturated rings. The maximum atomic E-state index is 13.6. The van der Waals surface area contributed by atoms with Crippen LogP contribution < -0.4 is 5.32 Å². The van der Waals surface area contributed by atoms with E-state index in [0.717, 1.165) is 30.9 Å². The molecule has 0 aromatic heterocycles. The van der Waals surface area contributed by atoms with E-state index in [1.165, 1.54) is 51.0 Å². The van der Waals surface area contributed by atoms with Crippen LogP contribution in [0, 0.1) is 11.7 Å². The van der Waals surface area contributed by atoms with Crippen LogP contribution in [0.15, 0.2) is 18.2 Å². The van der Waals surface area contributed by atoms with Gasteiger partial charge in [-0.2, -0.15) is 0 Å². The molecule has 0 aliphatic heterocycles. The first-order chi connectivity index (χ1) is 11.1. The maximum absolute atomic E-state index is 13.6. The zero-order valence-corrected chi connectivity index (χ0v) is 15.0. The fourth-order valence-electron chi connectivity index (χ4n) is 4.51. The molecule has 3 heteroatoms. The van der Waals surface area contributed by atoms with E-state index in [2.05, 4.69) is 12.2 Å². The lowest BCUT2D eigenvalue weighted by molar-refractivity contribution is 0.284. The first kappa shape index (κ1) is 17.2. The van der Waals surface area contributed by atoms with E-state index >= 15 is 0 Å². The van der Waals surface area contributed by atoms with Gasteiger partial charge in [0, 0.05) is 5.54 Å². The normalized spacial score (nSPS) is 27.3. The fourth-order valence-corrected chi connectivity index (χ4v) is 4.79. The Hall–Kier alpha value is -0.600. The van der Waals surface area contributed by atoms with Gasteiger partial charge in [0.15, 0.2) is 0 Å². The van der Waals surface area contributed by atoms with Crippen molar-refractivity contribution in [2.75, 3.05) is 6.54 Å². The summed E-state index contributed by atoms with van der Waals surface area (Å²) in [6.45, 7) is 3.52. The van der Waals surface area contributed by atoms with E-state index in [9.17, 15) is 4.39 Å². The molecule has 0 heterocycles. The van der Waals surface area contributed by atoms with Crippen molar-refractivity contribution >= 4 is 11.6 Å². The largest absolute Gasteiger partial charge is 0.312 e. The average Bonchev–Trinajstić information content (AvgIpc) is 2.98. The molecule has 1 nitrogen and oxygen atoms in total. The highest BCUT2D eigenvalue weighted by Gasteiger charge is 2.29.